The SMILES string of the molecule is CC(NC1CCOC(C)(C)C1)c1cc2ccccc2o1. The molecule has 3 rings (SSSR count). The highest BCUT2D eigenvalue weighted by Gasteiger charge is 2.29. The monoisotopic (exact) mass is 273 g/mol. The fraction of sp³-hybridized carbons (Fsp3) is 0.529. The van der Waals surface area contributed by atoms with E-state index in [2.05, 4.69) is 38.2 Å². The van der Waals surface area contributed by atoms with Crippen LogP contribution in [0.5, 0.6) is 0 Å². The first-order chi connectivity index (χ1) is 9.53. The number of rotatable bonds is 3. The summed E-state index contributed by atoms with van der Waals surface area (Å²) in [4.78, 5) is 0. The molecule has 2 unspecified atom stereocenters. The molecule has 2 heterocycles. The zero-order chi connectivity index (χ0) is 14.2. The molecule has 1 fully saturated rings. The van der Waals surface area contributed by atoms with E-state index < -0.39 is 0 Å². The number of hydrogen-bond donors (Lipinski definition) is 1. The predicted octanol–water partition coefficient (Wildman–Crippen LogP) is 4.04. The Hall–Kier alpha value is -1.32. The Morgan fingerprint density at radius 1 is 1.30 bits per heavy atom. The molecule has 1 N–H and O–H groups in total. The maximum absolute atomic E-state index is 5.93. The van der Waals surface area contributed by atoms with Crippen LogP contribution < -0.4 is 5.32 Å². The Morgan fingerprint density at radius 2 is 2.10 bits per heavy atom. The average Bonchev–Trinajstić information content (AvgIpc) is 2.81. The van der Waals surface area contributed by atoms with Crippen LogP contribution in [0.15, 0.2) is 34.7 Å². The van der Waals surface area contributed by atoms with Gasteiger partial charge in [-0.05, 0) is 45.7 Å². The van der Waals surface area contributed by atoms with Crippen LogP contribution in [-0.2, 0) is 4.74 Å². The van der Waals surface area contributed by atoms with E-state index in [-0.39, 0.29) is 11.6 Å². The molecule has 0 bridgehead atoms. The van der Waals surface area contributed by atoms with E-state index in [4.69, 9.17) is 9.15 Å². The molecule has 1 aliphatic heterocycles. The molecule has 1 aromatic carbocycles. The first kappa shape index (κ1) is 13.7. The third-order valence-corrected chi connectivity index (χ3v) is 4.05. The molecule has 0 spiro atoms. The number of para-hydroxylation sites is 1. The molecule has 20 heavy (non-hydrogen) atoms. The number of benzene rings is 1. The van der Waals surface area contributed by atoms with Crippen LogP contribution in [0.1, 0.15) is 45.4 Å². The number of fused-ring (bicyclic) bond motifs is 1. The van der Waals surface area contributed by atoms with Crippen molar-refractivity contribution in [3.05, 3.63) is 36.1 Å². The summed E-state index contributed by atoms with van der Waals surface area (Å²) in [7, 11) is 0. The fourth-order valence-electron chi connectivity index (χ4n) is 3.03. The van der Waals surface area contributed by atoms with Gasteiger partial charge in [0, 0.05) is 18.0 Å². The van der Waals surface area contributed by atoms with Gasteiger partial charge in [-0.2, -0.15) is 0 Å². The van der Waals surface area contributed by atoms with Crippen LogP contribution in [0.2, 0.25) is 0 Å². The van der Waals surface area contributed by atoms with E-state index in [9.17, 15) is 0 Å². The number of hydrogen-bond acceptors (Lipinski definition) is 3. The van der Waals surface area contributed by atoms with Crippen LogP contribution in [-0.4, -0.2) is 18.2 Å². The molecule has 0 saturated carbocycles. The summed E-state index contributed by atoms with van der Waals surface area (Å²) in [6.07, 6.45) is 2.10. The summed E-state index contributed by atoms with van der Waals surface area (Å²) in [5.41, 5.74) is 0.937. The van der Waals surface area contributed by atoms with Gasteiger partial charge in [-0.15, -0.1) is 0 Å². The van der Waals surface area contributed by atoms with Gasteiger partial charge >= 0.3 is 0 Å². The Kier molecular flexibility index (Phi) is 3.57. The molecule has 2 atom stereocenters. The number of nitrogens with one attached hydrogen (secondary N) is 1. The quantitative estimate of drug-likeness (QED) is 0.916. The zero-order valence-corrected chi connectivity index (χ0v) is 12.5. The van der Waals surface area contributed by atoms with Gasteiger partial charge in [0.05, 0.1) is 11.6 Å². The second-order valence-corrected chi connectivity index (χ2v) is 6.37. The second kappa shape index (κ2) is 5.23. The molecule has 1 aromatic heterocycles. The predicted molar refractivity (Wildman–Crippen MR) is 80.8 cm³/mol. The van der Waals surface area contributed by atoms with Gasteiger partial charge in [0.2, 0.25) is 0 Å². The van der Waals surface area contributed by atoms with E-state index in [1.165, 1.54) is 5.39 Å². The lowest BCUT2D eigenvalue weighted by atomic mass is 9.93. The summed E-state index contributed by atoms with van der Waals surface area (Å²) < 4.78 is 11.7. The average molecular weight is 273 g/mol. The highest BCUT2D eigenvalue weighted by Crippen LogP contribution is 2.28. The van der Waals surface area contributed by atoms with Gasteiger partial charge in [0.25, 0.3) is 0 Å². The summed E-state index contributed by atoms with van der Waals surface area (Å²) in [6, 6.07) is 11.0. The first-order valence-corrected chi connectivity index (χ1v) is 7.42. The number of furan rings is 1. The normalized spacial score (nSPS) is 23.9. The minimum Gasteiger partial charge on any atom is -0.459 e. The minimum atomic E-state index is -0.0243. The summed E-state index contributed by atoms with van der Waals surface area (Å²) in [6.45, 7) is 7.32. The Labute approximate surface area is 120 Å². The highest BCUT2D eigenvalue weighted by molar-refractivity contribution is 5.77. The molecule has 0 amide bonds. The second-order valence-electron chi connectivity index (χ2n) is 6.37. The van der Waals surface area contributed by atoms with Crippen molar-refractivity contribution in [3.63, 3.8) is 0 Å². The lowest BCUT2D eigenvalue weighted by Gasteiger charge is -2.36. The van der Waals surface area contributed by atoms with Crippen molar-refractivity contribution in [1.82, 2.24) is 5.32 Å². The lowest BCUT2D eigenvalue weighted by molar-refractivity contribution is -0.0642. The van der Waals surface area contributed by atoms with Crippen LogP contribution in [0.4, 0.5) is 0 Å². The van der Waals surface area contributed by atoms with Crippen LogP contribution >= 0.6 is 0 Å². The third kappa shape index (κ3) is 2.89. The fourth-order valence-corrected chi connectivity index (χ4v) is 3.03. The van der Waals surface area contributed by atoms with Crippen molar-refractivity contribution in [2.45, 2.75) is 51.3 Å². The van der Waals surface area contributed by atoms with E-state index >= 15 is 0 Å². The lowest BCUT2D eigenvalue weighted by Crippen LogP contribution is -2.44. The molecule has 3 nitrogen and oxygen atoms in total. The van der Waals surface area contributed by atoms with Crippen molar-refractivity contribution in [3.8, 4) is 0 Å². The molecule has 2 aromatic rings. The molecule has 0 radical (unpaired) electrons. The van der Waals surface area contributed by atoms with Gasteiger partial charge in [-0.25, -0.2) is 0 Å². The Bertz CT molecular complexity index is 554. The van der Waals surface area contributed by atoms with Crippen molar-refractivity contribution in [1.29, 1.82) is 0 Å². The summed E-state index contributed by atoms with van der Waals surface area (Å²) in [5, 5.41) is 4.85. The van der Waals surface area contributed by atoms with Crippen molar-refractivity contribution in [2.75, 3.05) is 6.61 Å². The topological polar surface area (TPSA) is 34.4 Å². The van der Waals surface area contributed by atoms with Crippen LogP contribution in [0.25, 0.3) is 11.0 Å². The minimum absolute atomic E-state index is 0.0243. The Morgan fingerprint density at radius 3 is 2.85 bits per heavy atom. The third-order valence-electron chi connectivity index (χ3n) is 4.05. The van der Waals surface area contributed by atoms with E-state index in [1.807, 2.05) is 18.2 Å². The summed E-state index contributed by atoms with van der Waals surface area (Å²) >= 11 is 0. The smallest absolute Gasteiger partial charge is 0.134 e. The van der Waals surface area contributed by atoms with Gasteiger partial charge in [-0.1, -0.05) is 18.2 Å². The van der Waals surface area contributed by atoms with Gasteiger partial charge in [0.1, 0.15) is 11.3 Å². The first-order valence-electron chi connectivity index (χ1n) is 7.42. The molecule has 0 aliphatic carbocycles. The van der Waals surface area contributed by atoms with Gasteiger partial charge in [-0.3, -0.25) is 0 Å². The van der Waals surface area contributed by atoms with Crippen molar-refractivity contribution >= 4 is 11.0 Å². The molecule has 1 aliphatic rings. The molecule has 1 saturated heterocycles. The molecule has 3 heteroatoms. The van der Waals surface area contributed by atoms with Crippen LogP contribution in [0, 0.1) is 0 Å². The molecule has 108 valence electrons. The maximum atomic E-state index is 5.93. The van der Waals surface area contributed by atoms with Crippen LogP contribution in [0.3, 0.4) is 0 Å². The van der Waals surface area contributed by atoms with Gasteiger partial charge < -0.3 is 14.5 Å². The standard InChI is InChI=1S/C17H23NO2/c1-12(18-14-8-9-19-17(2,3)11-14)16-10-13-6-4-5-7-15(13)20-16/h4-7,10,12,14,18H,8-9,11H2,1-3H3. The van der Waals surface area contributed by atoms with Gasteiger partial charge in [0.15, 0.2) is 0 Å². The number of ether oxygens (including phenoxy) is 1. The molecular weight excluding hydrogens is 250 g/mol. The van der Waals surface area contributed by atoms with E-state index in [1.54, 1.807) is 0 Å². The largest absolute Gasteiger partial charge is 0.459 e. The Balaban J connectivity index is 1.71. The zero-order valence-electron chi connectivity index (χ0n) is 12.5. The maximum Gasteiger partial charge on any atom is 0.134 e. The molecular formula is C17H23NO2. The van der Waals surface area contributed by atoms with Crippen molar-refractivity contribution in [2.24, 2.45) is 0 Å². The van der Waals surface area contributed by atoms with Crippen molar-refractivity contribution < 1.29 is 9.15 Å². The summed E-state index contributed by atoms with van der Waals surface area (Å²) in [5.74, 6) is 1.01. The highest BCUT2D eigenvalue weighted by atomic mass is 16.5. The van der Waals surface area contributed by atoms with E-state index in [0.717, 1.165) is 30.8 Å². The van der Waals surface area contributed by atoms with E-state index in [0.29, 0.717) is 6.04 Å².